The van der Waals surface area contributed by atoms with Crippen LogP contribution < -0.4 is 5.32 Å². The van der Waals surface area contributed by atoms with Crippen LogP contribution in [0.25, 0.3) is 5.83 Å². The SMILES string of the molecule is CN(CC(F)(F)F)C(=O)CNC(=O)c1ccc(/C(F)=C/C(c2cc(Cl)cc(C(F)(F)F)c2)C(F)(F)F)cc1C(F)(F)F. The monoisotopic (exact) mass is 646 g/mol. The van der Waals surface area contributed by atoms with Crippen molar-refractivity contribution in [2.24, 2.45) is 0 Å². The first-order chi connectivity index (χ1) is 18.9. The Morgan fingerprint density at radius 2 is 1.50 bits per heavy atom. The zero-order valence-electron chi connectivity index (χ0n) is 20.6. The summed E-state index contributed by atoms with van der Waals surface area (Å²) in [6.07, 6.45) is -21.1. The molecule has 42 heavy (non-hydrogen) atoms. The molecule has 0 saturated carbocycles. The average Bonchev–Trinajstić information content (AvgIpc) is 2.81. The number of halogens is 14. The molecular weight excluding hydrogens is 631 g/mol. The summed E-state index contributed by atoms with van der Waals surface area (Å²) in [4.78, 5) is 24.2. The number of hydrogen-bond acceptors (Lipinski definition) is 2. The van der Waals surface area contributed by atoms with Crippen LogP contribution in [0.15, 0.2) is 42.5 Å². The van der Waals surface area contributed by atoms with Crippen molar-refractivity contribution in [2.45, 2.75) is 30.6 Å². The van der Waals surface area contributed by atoms with Crippen molar-refractivity contribution in [1.29, 1.82) is 0 Å². The van der Waals surface area contributed by atoms with Gasteiger partial charge in [-0.3, -0.25) is 9.59 Å². The Kier molecular flexibility index (Phi) is 10.2. The molecule has 2 rings (SSSR count). The van der Waals surface area contributed by atoms with Gasteiger partial charge in [-0.1, -0.05) is 17.7 Å². The molecule has 2 aromatic carbocycles. The highest BCUT2D eigenvalue weighted by Gasteiger charge is 2.42. The van der Waals surface area contributed by atoms with Crippen LogP contribution in [-0.2, 0) is 17.1 Å². The third-order valence-electron chi connectivity index (χ3n) is 5.36. The van der Waals surface area contributed by atoms with E-state index >= 15 is 0 Å². The molecule has 0 aliphatic heterocycles. The minimum Gasteiger partial charge on any atom is -0.343 e. The second kappa shape index (κ2) is 12.4. The number of amides is 2. The summed E-state index contributed by atoms with van der Waals surface area (Å²) in [5, 5.41) is 0.873. The van der Waals surface area contributed by atoms with Crippen LogP contribution >= 0.6 is 11.6 Å². The highest BCUT2D eigenvalue weighted by Crippen LogP contribution is 2.42. The first-order valence-corrected chi connectivity index (χ1v) is 11.4. The molecule has 0 heterocycles. The third-order valence-corrected chi connectivity index (χ3v) is 5.58. The molecule has 18 heteroatoms. The highest BCUT2D eigenvalue weighted by atomic mass is 35.5. The molecule has 0 fully saturated rings. The number of carbonyl (C=O) groups excluding carboxylic acids is 2. The Balaban J connectivity index is 2.46. The van der Waals surface area contributed by atoms with Crippen LogP contribution in [-0.4, -0.2) is 49.2 Å². The molecule has 1 unspecified atom stereocenters. The van der Waals surface area contributed by atoms with Crippen LogP contribution in [0.2, 0.25) is 5.02 Å². The lowest BCUT2D eigenvalue weighted by atomic mass is 9.94. The predicted molar refractivity (Wildman–Crippen MR) is 122 cm³/mol. The molecule has 0 aromatic heterocycles. The van der Waals surface area contributed by atoms with Crippen molar-refractivity contribution >= 4 is 29.2 Å². The van der Waals surface area contributed by atoms with Crippen LogP contribution in [0.5, 0.6) is 0 Å². The molecule has 2 aromatic rings. The minimum atomic E-state index is -5.44. The molecule has 1 atom stereocenters. The number of benzene rings is 2. The maximum atomic E-state index is 14.9. The van der Waals surface area contributed by atoms with Crippen LogP contribution in [0.1, 0.15) is 38.5 Å². The molecule has 0 bridgehead atoms. The minimum absolute atomic E-state index is 0.0375. The van der Waals surface area contributed by atoms with Crippen LogP contribution in [0, 0.1) is 0 Å². The van der Waals surface area contributed by atoms with Crippen molar-refractivity contribution in [3.63, 3.8) is 0 Å². The van der Waals surface area contributed by atoms with Gasteiger partial charge in [-0.05, 0) is 42.0 Å². The van der Waals surface area contributed by atoms with E-state index in [4.69, 9.17) is 11.6 Å². The summed E-state index contributed by atoms with van der Waals surface area (Å²) < 4.78 is 173. The molecule has 4 nitrogen and oxygen atoms in total. The van der Waals surface area contributed by atoms with E-state index < -0.39 is 94.2 Å². The molecule has 1 N–H and O–H groups in total. The maximum Gasteiger partial charge on any atom is 0.417 e. The summed E-state index contributed by atoms with van der Waals surface area (Å²) >= 11 is 5.49. The zero-order chi connectivity index (χ0) is 32.4. The van der Waals surface area contributed by atoms with Gasteiger partial charge in [-0.15, -0.1) is 0 Å². The van der Waals surface area contributed by atoms with Gasteiger partial charge in [0.05, 0.1) is 23.2 Å². The fourth-order valence-electron chi connectivity index (χ4n) is 3.45. The normalized spacial score (nSPS) is 14.0. The lowest BCUT2D eigenvalue weighted by Gasteiger charge is -2.20. The van der Waals surface area contributed by atoms with E-state index in [9.17, 15) is 66.7 Å². The van der Waals surface area contributed by atoms with Gasteiger partial charge < -0.3 is 10.2 Å². The largest absolute Gasteiger partial charge is 0.417 e. The number of rotatable bonds is 7. The van der Waals surface area contributed by atoms with E-state index in [1.54, 1.807) is 5.32 Å². The Bertz CT molecular complexity index is 1350. The van der Waals surface area contributed by atoms with Crippen molar-refractivity contribution < 1.29 is 66.7 Å². The Hall–Kier alpha value is -3.50. The third kappa shape index (κ3) is 9.52. The Morgan fingerprint density at radius 3 is 2.00 bits per heavy atom. The number of allylic oxidation sites excluding steroid dienone is 1. The van der Waals surface area contributed by atoms with E-state index in [2.05, 4.69) is 0 Å². The molecule has 232 valence electrons. The summed E-state index contributed by atoms with van der Waals surface area (Å²) in [6.45, 7) is -2.91. The second-order valence-electron chi connectivity index (χ2n) is 8.61. The first-order valence-electron chi connectivity index (χ1n) is 11.0. The Labute approximate surface area is 232 Å². The van der Waals surface area contributed by atoms with Gasteiger partial charge in [-0.2, -0.15) is 52.7 Å². The van der Waals surface area contributed by atoms with Crippen molar-refractivity contribution in [2.75, 3.05) is 20.1 Å². The standard InChI is InChI=1S/C24H16ClF13N2O2/c1-40(10-21(27,28)29)19(41)9-39-20(42)15-3-2-11(6-17(15)24(36,37)38)18(26)8-16(23(33,34)35)12-4-13(22(30,31)32)7-14(25)5-12/h2-8,16H,9-10H2,1H3,(H,39,42)/b18-8-. The van der Waals surface area contributed by atoms with E-state index in [0.717, 1.165) is 0 Å². The van der Waals surface area contributed by atoms with Crippen molar-refractivity contribution in [3.8, 4) is 0 Å². The first kappa shape index (κ1) is 34.7. The van der Waals surface area contributed by atoms with Gasteiger partial charge in [0.25, 0.3) is 5.91 Å². The van der Waals surface area contributed by atoms with Crippen molar-refractivity contribution in [1.82, 2.24) is 10.2 Å². The molecule has 0 spiro atoms. The molecule has 0 aliphatic rings. The average molecular weight is 647 g/mol. The number of carbonyl (C=O) groups is 2. The quantitative estimate of drug-likeness (QED) is 0.313. The lowest BCUT2D eigenvalue weighted by molar-refractivity contribution is -0.157. The number of hydrogen-bond donors (Lipinski definition) is 1. The van der Waals surface area contributed by atoms with Crippen LogP contribution in [0.4, 0.5) is 57.1 Å². The predicted octanol–water partition coefficient (Wildman–Crippen LogP) is 7.78. The summed E-state index contributed by atoms with van der Waals surface area (Å²) in [7, 11) is 0.703. The molecule has 2 amide bonds. The van der Waals surface area contributed by atoms with Gasteiger partial charge in [0.2, 0.25) is 5.91 Å². The number of alkyl halides is 12. The Morgan fingerprint density at radius 1 is 0.905 bits per heavy atom. The van der Waals surface area contributed by atoms with Gasteiger partial charge in [-0.25, -0.2) is 4.39 Å². The van der Waals surface area contributed by atoms with Gasteiger partial charge in [0, 0.05) is 17.6 Å². The zero-order valence-corrected chi connectivity index (χ0v) is 21.3. The number of nitrogens with one attached hydrogen (secondary N) is 1. The van der Waals surface area contributed by atoms with Gasteiger partial charge >= 0.3 is 24.7 Å². The van der Waals surface area contributed by atoms with Gasteiger partial charge in [0.1, 0.15) is 18.3 Å². The summed E-state index contributed by atoms with van der Waals surface area (Å²) in [6, 6.07) is 1.51. The second-order valence-corrected chi connectivity index (χ2v) is 9.05. The van der Waals surface area contributed by atoms with E-state index in [-0.39, 0.29) is 23.1 Å². The van der Waals surface area contributed by atoms with Crippen molar-refractivity contribution in [3.05, 3.63) is 75.3 Å². The maximum absolute atomic E-state index is 14.9. The topological polar surface area (TPSA) is 49.4 Å². The van der Waals surface area contributed by atoms with Gasteiger partial charge in [0.15, 0.2) is 0 Å². The fraction of sp³-hybridized carbons (Fsp3) is 0.333. The lowest BCUT2D eigenvalue weighted by Crippen LogP contribution is -2.42. The molecule has 0 saturated heterocycles. The number of likely N-dealkylation sites (N-methyl/N-ethyl adjacent to an activating group) is 1. The van der Waals surface area contributed by atoms with Crippen LogP contribution in [0.3, 0.4) is 0 Å². The van der Waals surface area contributed by atoms with E-state index in [1.807, 2.05) is 0 Å². The smallest absolute Gasteiger partial charge is 0.343 e. The number of nitrogens with zero attached hydrogens (tertiary/aromatic N) is 1. The summed E-state index contributed by atoms with van der Waals surface area (Å²) in [5.41, 5.74) is -7.10. The molecule has 0 aliphatic carbocycles. The summed E-state index contributed by atoms with van der Waals surface area (Å²) in [5.74, 6) is -8.05. The fourth-order valence-corrected chi connectivity index (χ4v) is 3.69. The van der Waals surface area contributed by atoms with E-state index in [0.29, 0.717) is 31.3 Å². The molecular formula is C24H16ClF13N2O2. The molecule has 0 radical (unpaired) electrons. The van der Waals surface area contributed by atoms with E-state index in [1.165, 1.54) is 0 Å². The highest BCUT2D eigenvalue weighted by molar-refractivity contribution is 6.30.